The Balaban J connectivity index is 1.83. The smallest absolute Gasteiger partial charge is 0.258 e. The van der Waals surface area contributed by atoms with Crippen molar-refractivity contribution in [2.45, 2.75) is 32.4 Å². The SMILES string of the molecule is CC[C@@H](O)c1ccc(OCC(=O)N[C@@H](C)c2ccc(F)cc2)cc1. The predicted octanol–water partition coefficient (Wildman–Crippen LogP) is 3.53. The van der Waals surface area contributed by atoms with E-state index in [2.05, 4.69) is 5.32 Å². The summed E-state index contributed by atoms with van der Waals surface area (Å²) in [5, 5.41) is 12.5. The fourth-order valence-corrected chi connectivity index (χ4v) is 2.29. The van der Waals surface area contributed by atoms with Gasteiger partial charge in [-0.25, -0.2) is 4.39 Å². The van der Waals surface area contributed by atoms with Crippen molar-refractivity contribution in [3.05, 3.63) is 65.5 Å². The first-order chi connectivity index (χ1) is 11.5. The summed E-state index contributed by atoms with van der Waals surface area (Å²) in [6.07, 6.45) is 0.156. The molecule has 128 valence electrons. The molecule has 24 heavy (non-hydrogen) atoms. The molecule has 2 aromatic carbocycles. The number of hydrogen-bond donors (Lipinski definition) is 2. The lowest BCUT2D eigenvalue weighted by atomic mass is 10.1. The molecule has 5 heteroatoms. The first-order valence-corrected chi connectivity index (χ1v) is 7.95. The van der Waals surface area contributed by atoms with E-state index in [0.717, 1.165) is 11.1 Å². The number of benzene rings is 2. The van der Waals surface area contributed by atoms with Crippen LogP contribution in [0.5, 0.6) is 5.75 Å². The fourth-order valence-electron chi connectivity index (χ4n) is 2.29. The molecule has 0 aliphatic rings. The number of hydrogen-bond acceptors (Lipinski definition) is 3. The highest BCUT2D eigenvalue weighted by molar-refractivity contribution is 5.78. The van der Waals surface area contributed by atoms with Gasteiger partial charge in [0.2, 0.25) is 0 Å². The lowest BCUT2D eigenvalue weighted by molar-refractivity contribution is -0.123. The number of carbonyl (C=O) groups excluding carboxylic acids is 1. The Labute approximate surface area is 141 Å². The van der Waals surface area contributed by atoms with Crippen LogP contribution in [0.2, 0.25) is 0 Å². The van der Waals surface area contributed by atoms with Crippen LogP contribution in [0.4, 0.5) is 4.39 Å². The first-order valence-electron chi connectivity index (χ1n) is 7.95. The summed E-state index contributed by atoms with van der Waals surface area (Å²) in [5.41, 5.74) is 1.64. The molecule has 0 radical (unpaired) electrons. The van der Waals surface area contributed by atoms with E-state index in [9.17, 15) is 14.3 Å². The van der Waals surface area contributed by atoms with Crippen molar-refractivity contribution in [3.8, 4) is 5.75 Å². The topological polar surface area (TPSA) is 58.6 Å². The molecule has 0 heterocycles. The van der Waals surface area contributed by atoms with Crippen molar-refractivity contribution in [2.24, 2.45) is 0 Å². The van der Waals surface area contributed by atoms with Crippen LogP contribution in [0, 0.1) is 5.82 Å². The quantitative estimate of drug-likeness (QED) is 0.816. The molecule has 0 aliphatic carbocycles. The third-order valence-electron chi connectivity index (χ3n) is 3.77. The fraction of sp³-hybridized carbons (Fsp3) is 0.316. The van der Waals surface area contributed by atoms with Crippen molar-refractivity contribution in [1.82, 2.24) is 5.32 Å². The van der Waals surface area contributed by atoms with Crippen molar-refractivity contribution in [1.29, 1.82) is 0 Å². The third kappa shape index (κ3) is 5.06. The highest BCUT2D eigenvalue weighted by Gasteiger charge is 2.10. The second-order valence-electron chi connectivity index (χ2n) is 5.62. The number of carbonyl (C=O) groups is 1. The summed E-state index contributed by atoms with van der Waals surface area (Å²) in [6, 6.07) is 12.8. The number of aliphatic hydroxyl groups excluding tert-OH is 1. The average Bonchev–Trinajstić information content (AvgIpc) is 2.60. The van der Waals surface area contributed by atoms with Gasteiger partial charge in [0.25, 0.3) is 5.91 Å². The molecule has 0 bridgehead atoms. The Kier molecular flexibility index (Phi) is 6.32. The molecule has 0 spiro atoms. The molecule has 1 amide bonds. The molecule has 2 rings (SSSR count). The monoisotopic (exact) mass is 331 g/mol. The van der Waals surface area contributed by atoms with Gasteiger partial charge >= 0.3 is 0 Å². The van der Waals surface area contributed by atoms with Gasteiger partial charge < -0.3 is 15.2 Å². The molecular weight excluding hydrogens is 309 g/mol. The minimum absolute atomic E-state index is 0.110. The molecule has 0 unspecified atom stereocenters. The second-order valence-corrected chi connectivity index (χ2v) is 5.62. The van der Waals surface area contributed by atoms with Crippen LogP contribution in [0.3, 0.4) is 0 Å². The van der Waals surface area contributed by atoms with Crippen molar-refractivity contribution in [2.75, 3.05) is 6.61 Å². The lowest BCUT2D eigenvalue weighted by Gasteiger charge is -2.15. The van der Waals surface area contributed by atoms with E-state index in [0.29, 0.717) is 12.2 Å². The number of rotatable bonds is 7. The maximum atomic E-state index is 12.9. The molecule has 0 aromatic heterocycles. The summed E-state index contributed by atoms with van der Waals surface area (Å²) in [4.78, 5) is 11.9. The van der Waals surface area contributed by atoms with Crippen LogP contribution in [0.25, 0.3) is 0 Å². The molecule has 2 N–H and O–H groups in total. The molecule has 0 saturated heterocycles. The van der Waals surface area contributed by atoms with Gasteiger partial charge in [0.15, 0.2) is 6.61 Å². The van der Waals surface area contributed by atoms with Gasteiger partial charge in [-0.1, -0.05) is 31.2 Å². The van der Waals surface area contributed by atoms with Gasteiger partial charge in [-0.05, 0) is 48.7 Å². The van der Waals surface area contributed by atoms with Crippen LogP contribution in [-0.4, -0.2) is 17.6 Å². The minimum atomic E-state index is -0.487. The zero-order chi connectivity index (χ0) is 17.5. The number of amides is 1. The third-order valence-corrected chi connectivity index (χ3v) is 3.77. The minimum Gasteiger partial charge on any atom is -0.484 e. The van der Waals surface area contributed by atoms with Crippen LogP contribution in [0.15, 0.2) is 48.5 Å². The molecule has 0 aliphatic heterocycles. The maximum Gasteiger partial charge on any atom is 0.258 e. The standard InChI is InChI=1S/C19H22FNO3/c1-3-18(22)15-6-10-17(11-7-15)24-12-19(23)21-13(2)14-4-8-16(20)9-5-14/h4-11,13,18,22H,3,12H2,1-2H3,(H,21,23)/t13-,18+/m0/s1. The molecule has 4 nitrogen and oxygen atoms in total. The van der Waals surface area contributed by atoms with Gasteiger partial charge in [0.05, 0.1) is 12.1 Å². The van der Waals surface area contributed by atoms with Gasteiger partial charge in [-0.15, -0.1) is 0 Å². The van der Waals surface area contributed by atoms with E-state index in [1.165, 1.54) is 12.1 Å². The van der Waals surface area contributed by atoms with Gasteiger partial charge in [0.1, 0.15) is 11.6 Å². The van der Waals surface area contributed by atoms with E-state index >= 15 is 0 Å². The number of halogens is 1. The highest BCUT2D eigenvalue weighted by Crippen LogP contribution is 2.20. The van der Waals surface area contributed by atoms with Crippen molar-refractivity contribution < 1.29 is 19.0 Å². The van der Waals surface area contributed by atoms with Crippen molar-refractivity contribution >= 4 is 5.91 Å². The van der Waals surface area contributed by atoms with Crippen molar-refractivity contribution in [3.63, 3.8) is 0 Å². The Hall–Kier alpha value is -2.40. The zero-order valence-electron chi connectivity index (χ0n) is 13.8. The van der Waals surface area contributed by atoms with E-state index in [4.69, 9.17) is 4.74 Å². The Morgan fingerprint density at radius 1 is 1.12 bits per heavy atom. The van der Waals surface area contributed by atoms with Gasteiger partial charge in [-0.3, -0.25) is 4.79 Å². The maximum absolute atomic E-state index is 12.9. The van der Waals surface area contributed by atoms with E-state index in [1.54, 1.807) is 36.4 Å². The Morgan fingerprint density at radius 3 is 2.29 bits per heavy atom. The number of aliphatic hydroxyl groups is 1. The van der Waals surface area contributed by atoms with Crippen LogP contribution in [-0.2, 0) is 4.79 Å². The van der Waals surface area contributed by atoms with Crippen LogP contribution >= 0.6 is 0 Å². The number of ether oxygens (including phenoxy) is 1. The summed E-state index contributed by atoms with van der Waals surface area (Å²) >= 11 is 0. The van der Waals surface area contributed by atoms with Gasteiger partial charge in [-0.2, -0.15) is 0 Å². The summed E-state index contributed by atoms with van der Waals surface area (Å²) < 4.78 is 18.3. The average molecular weight is 331 g/mol. The van der Waals surface area contributed by atoms with E-state index < -0.39 is 6.10 Å². The normalized spacial score (nSPS) is 13.2. The molecule has 0 saturated carbocycles. The summed E-state index contributed by atoms with van der Waals surface area (Å²) in [7, 11) is 0. The zero-order valence-corrected chi connectivity index (χ0v) is 13.8. The second kappa shape index (κ2) is 8.45. The molecule has 2 atom stereocenters. The molecule has 2 aromatic rings. The highest BCUT2D eigenvalue weighted by atomic mass is 19.1. The molecular formula is C19H22FNO3. The Morgan fingerprint density at radius 2 is 1.71 bits per heavy atom. The lowest BCUT2D eigenvalue weighted by Crippen LogP contribution is -2.31. The number of nitrogens with one attached hydrogen (secondary N) is 1. The largest absolute Gasteiger partial charge is 0.484 e. The Bertz CT molecular complexity index is 655. The summed E-state index contributed by atoms with van der Waals surface area (Å²) in [5.74, 6) is -0.00613. The van der Waals surface area contributed by atoms with Crippen LogP contribution in [0.1, 0.15) is 43.5 Å². The summed E-state index contributed by atoms with van der Waals surface area (Å²) in [6.45, 7) is 3.62. The van der Waals surface area contributed by atoms with Crippen LogP contribution < -0.4 is 10.1 Å². The first kappa shape index (κ1) is 17.9. The van der Waals surface area contributed by atoms with E-state index in [1.807, 2.05) is 13.8 Å². The van der Waals surface area contributed by atoms with Gasteiger partial charge in [0, 0.05) is 0 Å². The molecule has 0 fully saturated rings. The predicted molar refractivity (Wildman–Crippen MR) is 90.1 cm³/mol. The van der Waals surface area contributed by atoms with E-state index in [-0.39, 0.29) is 24.4 Å².